The van der Waals surface area contributed by atoms with Crippen molar-refractivity contribution < 1.29 is 0 Å². The zero-order chi connectivity index (χ0) is 15.0. The summed E-state index contributed by atoms with van der Waals surface area (Å²) in [4.78, 5) is 0. The van der Waals surface area contributed by atoms with Gasteiger partial charge in [-0.05, 0) is 75.2 Å². The highest BCUT2D eigenvalue weighted by Gasteiger charge is 2.15. The summed E-state index contributed by atoms with van der Waals surface area (Å²) < 4.78 is 3.59. The minimum absolute atomic E-state index is 0.676. The molecule has 0 aliphatic rings. The second-order valence-electron chi connectivity index (χ2n) is 4.58. The third-order valence-corrected chi connectivity index (χ3v) is 4.23. The fourth-order valence-electron chi connectivity index (χ4n) is 2.11. The van der Waals surface area contributed by atoms with E-state index < -0.39 is 0 Å². The molecule has 0 saturated heterocycles. The lowest BCUT2D eigenvalue weighted by Crippen LogP contribution is -2.02. The monoisotopic (exact) mass is 407 g/mol. The van der Waals surface area contributed by atoms with Crippen molar-refractivity contribution in [3.05, 3.63) is 50.9 Å². The van der Waals surface area contributed by atoms with Gasteiger partial charge in [0.2, 0.25) is 0 Å². The molecule has 1 aromatic heterocycles. The SMILES string of the molecule is Cc1cc(N)ccc1-c1nnnn1-c1ccc(Br)cc1Br. The Labute approximate surface area is 138 Å². The normalized spacial score (nSPS) is 10.8. The van der Waals surface area contributed by atoms with Crippen LogP contribution in [0.4, 0.5) is 5.69 Å². The van der Waals surface area contributed by atoms with Crippen LogP contribution in [0, 0.1) is 6.92 Å². The molecule has 7 heteroatoms. The van der Waals surface area contributed by atoms with Gasteiger partial charge in [0.1, 0.15) is 0 Å². The van der Waals surface area contributed by atoms with Gasteiger partial charge in [-0.3, -0.25) is 0 Å². The second-order valence-corrected chi connectivity index (χ2v) is 6.35. The largest absolute Gasteiger partial charge is 0.399 e. The van der Waals surface area contributed by atoms with Crippen molar-refractivity contribution in [3.63, 3.8) is 0 Å². The van der Waals surface area contributed by atoms with Crippen molar-refractivity contribution >= 4 is 37.5 Å². The van der Waals surface area contributed by atoms with Crippen molar-refractivity contribution in [2.75, 3.05) is 5.73 Å². The zero-order valence-corrected chi connectivity index (χ0v) is 14.3. The molecule has 0 aliphatic heterocycles. The molecule has 0 bridgehead atoms. The Bertz CT molecular complexity index is 747. The number of benzene rings is 2. The van der Waals surface area contributed by atoms with Gasteiger partial charge in [0.15, 0.2) is 5.82 Å². The number of hydrogen-bond acceptors (Lipinski definition) is 4. The summed E-state index contributed by atoms with van der Waals surface area (Å²) in [5.74, 6) is 0.676. The fourth-order valence-corrected chi connectivity index (χ4v) is 3.32. The van der Waals surface area contributed by atoms with Crippen LogP contribution in [0.25, 0.3) is 17.1 Å². The fraction of sp³-hybridized carbons (Fsp3) is 0.0714. The average Bonchev–Trinajstić information content (AvgIpc) is 2.87. The predicted octanol–water partition coefficient (Wildman–Crippen LogP) is 3.74. The highest BCUT2D eigenvalue weighted by atomic mass is 79.9. The van der Waals surface area contributed by atoms with Gasteiger partial charge < -0.3 is 5.73 Å². The summed E-state index contributed by atoms with van der Waals surface area (Å²) >= 11 is 6.98. The molecule has 0 spiro atoms. The van der Waals surface area contributed by atoms with E-state index >= 15 is 0 Å². The van der Waals surface area contributed by atoms with Gasteiger partial charge in [-0.2, -0.15) is 4.68 Å². The molecule has 2 N–H and O–H groups in total. The summed E-state index contributed by atoms with van der Waals surface area (Å²) in [6.07, 6.45) is 0. The summed E-state index contributed by atoms with van der Waals surface area (Å²) in [5.41, 5.74) is 9.37. The molecule has 5 nitrogen and oxygen atoms in total. The van der Waals surface area contributed by atoms with Crippen molar-refractivity contribution in [2.45, 2.75) is 6.92 Å². The predicted molar refractivity (Wildman–Crippen MR) is 89.1 cm³/mol. The molecule has 0 unspecified atom stereocenters. The highest BCUT2D eigenvalue weighted by Crippen LogP contribution is 2.29. The Morgan fingerprint density at radius 1 is 1.10 bits per heavy atom. The first kappa shape index (κ1) is 14.2. The van der Waals surface area contributed by atoms with Crippen LogP contribution < -0.4 is 5.73 Å². The van der Waals surface area contributed by atoms with Crippen LogP contribution in [0.3, 0.4) is 0 Å². The topological polar surface area (TPSA) is 69.6 Å². The molecule has 106 valence electrons. The van der Waals surface area contributed by atoms with E-state index in [9.17, 15) is 0 Å². The van der Waals surface area contributed by atoms with Crippen molar-refractivity contribution in [1.82, 2.24) is 20.2 Å². The number of tetrazole rings is 1. The Morgan fingerprint density at radius 2 is 1.90 bits per heavy atom. The third kappa shape index (κ3) is 2.71. The van der Waals surface area contributed by atoms with E-state index in [1.54, 1.807) is 4.68 Å². The summed E-state index contributed by atoms with van der Waals surface area (Å²) in [7, 11) is 0. The number of nitrogen functional groups attached to an aromatic ring is 1. The number of nitrogens with two attached hydrogens (primary N) is 1. The maximum Gasteiger partial charge on any atom is 0.187 e. The molecule has 0 radical (unpaired) electrons. The van der Waals surface area contributed by atoms with E-state index in [4.69, 9.17) is 5.73 Å². The molecule has 0 fully saturated rings. The summed E-state index contributed by atoms with van der Waals surface area (Å²) in [6.45, 7) is 1.99. The quantitative estimate of drug-likeness (QED) is 0.655. The molecule has 2 aromatic carbocycles. The summed E-state index contributed by atoms with van der Waals surface area (Å²) in [5, 5.41) is 12.0. The third-order valence-electron chi connectivity index (χ3n) is 3.10. The molecule has 0 saturated carbocycles. The number of hydrogen-bond donors (Lipinski definition) is 1. The molecule has 0 aliphatic carbocycles. The molecule has 3 rings (SSSR count). The second kappa shape index (κ2) is 5.57. The lowest BCUT2D eigenvalue weighted by molar-refractivity contribution is 0.788. The molecule has 21 heavy (non-hydrogen) atoms. The zero-order valence-electron chi connectivity index (χ0n) is 11.1. The van der Waals surface area contributed by atoms with Crippen molar-refractivity contribution in [2.24, 2.45) is 0 Å². The number of aryl methyl sites for hydroxylation is 1. The maximum absolute atomic E-state index is 5.80. The molecule has 1 heterocycles. The van der Waals surface area contributed by atoms with Crippen LogP contribution in [0.5, 0.6) is 0 Å². The number of anilines is 1. The molecular weight excluding hydrogens is 398 g/mol. The first-order valence-corrected chi connectivity index (χ1v) is 7.75. The van der Waals surface area contributed by atoms with Gasteiger partial charge in [-0.1, -0.05) is 15.9 Å². The van der Waals surface area contributed by atoms with Gasteiger partial charge in [-0.25, -0.2) is 0 Å². The van der Waals surface area contributed by atoms with Crippen LogP contribution in [-0.2, 0) is 0 Å². The van der Waals surface area contributed by atoms with Crippen LogP contribution in [0.15, 0.2) is 45.3 Å². The van der Waals surface area contributed by atoms with Crippen LogP contribution >= 0.6 is 31.9 Å². The number of nitrogens with zero attached hydrogens (tertiary/aromatic N) is 4. The summed E-state index contributed by atoms with van der Waals surface area (Å²) in [6, 6.07) is 11.5. The molecule has 3 aromatic rings. The van der Waals surface area contributed by atoms with E-state index in [0.29, 0.717) is 5.82 Å². The molecule has 0 amide bonds. The number of aromatic nitrogens is 4. The van der Waals surface area contributed by atoms with E-state index in [1.807, 2.05) is 43.3 Å². The standard InChI is InChI=1S/C14H11Br2N5/c1-8-6-10(17)3-4-11(8)14-18-19-20-21(14)13-5-2-9(15)7-12(13)16/h2-7H,17H2,1H3. The van der Waals surface area contributed by atoms with Crippen molar-refractivity contribution in [3.8, 4) is 17.1 Å². The van der Waals surface area contributed by atoms with E-state index in [2.05, 4.69) is 47.4 Å². The van der Waals surface area contributed by atoms with Crippen molar-refractivity contribution in [1.29, 1.82) is 0 Å². The van der Waals surface area contributed by atoms with Gasteiger partial charge >= 0.3 is 0 Å². The first-order valence-electron chi connectivity index (χ1n) is 6.16. The van der Waals surface area contributed by atoms with E-state index in [-0.39, 0.29) is 0 Å². The first-order chi connectivity index (χ1) is 10.1. The van der Waals surface area contributed by atoms with Crippen LogP contribution in [0.2, 0.25) is 0 Å². The van der Waals surface area contributed by atoms with Crippen LogP contribution in [0.1, 0.15) is 5.56 Å². The Hall–Kier alpha value is -1.73. The minimum atomic E-state index is 0.676. The van der Waals surface area contributed by atoms with Gasteiger partial charge in [0, 0.05) is 20.2 Å². The van der Waals surface area contributed by atoms with Gasteiger partial charge in [0.05, 0.1) is 5.69 Å². The minimum Gasteiger partial charge on any atom is -0.399 e. The Morgan fingerprint density at radius 3 is 2.62 bits per heavy atom. The molecule has 0 atom stereocenters. The lowest BCUT2D eigenvalue weighted by atomic mass is 10.1. The van der Waals surface area contributed by atoms with Crippen LogP contribution in [-0.4, -0.2) is 20.2 Å². The lowest BCUT2D eigenvalue weighted by Gasteiger charge is -2.09. The van der Waals surface area contributed by atoms with E-state index in [1.165, 1.54) is 0 Å². The highest BCUT2D eigenvalue weighted by molar-refractivity contribution is 9.11. The van der Waals surface area contributed by atoms with E-state index in [0.717, 1.165) is 31.4 Å². The number of halogens is 2. The van der Waals surface area contributed by atoms with Gasteiger partial charge in [0.25, 0.3) is 0 Å². The average molecular weight is 409 g/mol. The molecular formula is C14H11Br2N5. The van der Waals surface area contributed by atoms with Gasteiger partial charge in [-0.15, -0.1) is 5.10 Å². The number of rotatable bonds is 2. The maximum atomic E-state index is 5.80. The Kier molecular flexibility index (Phi) is 3.77. The smallest absolute Gasteiger partial charge is 0.187 e. The Balaban J connectivity index is 2.17.